The van der Waals surface area contributed by atoms with Crippen LogP contribution in [0, 0.1) is 0 Å². The molecule has 2 fully saturated rings. The van der Waals surface area contributed by atoms with E-state index in [0.717, 1.165) is 81.6 Å². The molecule has 0 aliphatic carbocycles. The van der Waals surface area contributed by atoms with Gasteiger partial charge in [0, 0.05) is 39.1 Å². The summed E-state index contributed by atoms with van der Waals surface area (Å²) in [5.74, 6) is 0.664. The predicted octanol–water partition coefficient (Wildman–Crippen LogP) is 2.38. The highest BCUT2D eigenvalue weighted by molar-refractivity contribution is 5.88. The van der Waals surface area contributed by atoms with Gasteiger partial charge in [-0.3, -0.25) is 14.5 Å². The van der Waals surface area contributed by atoms with Crippen LogP contribution >= 0.6 is 0 Å². The lowest BCUT2D eigenvalue weighted by atomic mass is 10.1. The summed E-state index contributed by atoms with van der Waals surface area (Å²) in [6.45, 7) is 5.75. The number of aromatic nitrogens is 1. The van der Waals surface area contributed by atoms with Crippen molar-refractivity contribution in [2.75, 3.05) is 44.2 Å². The van der Waals surface area contributed by atoms with Gasteiger partial charge in [-0.1, -0.05) is 30.1 Å². The summed E-state index contributed by atoms with van der Waals surface area (Å²) >= 11 is 0. The average Bonchev–Trinajstić information content (AvgIpc) is 3.44. The van der Waals surface area contributed by atoms with E-state index in [4.69, 9.17) is 10.3 Å². The fraction of sp³-hybridized carbons (Fsp3) is 0.609. The number of fused-ring (bicyclic) bond motifs is 1. The molecule has 168 valence electrons. The van der Waals surface area contributed by atoms with E-state index in [1.54, 1.807) is 4.90 Å². The smallest absolute Gasteiger partial charge is 0.240 e. The number of para-hydroxylation sites is 1. The number of carbonyl (C=O) groups is 2. The van der Waals surface area contributed by atoms with Gasteiger partial charge >= 0.3 is 0 Å². The molecule has 2 aromatic rings. The molecule has 2 saturated heterocycles. The van der Waals surface area contributed by atoms with Crippen LogP contribution in [0.3, 0.4) is 0 Å². The number of nitrogens with zero attached hydrogens (tertiary/aromatic N) is 4. The monoisotopic (exact) mass is 427 g/mol. The molecule has 0 spiro atoms. The second-order valence-corrected chi connectivity index (χ2v) is 8.64. The molecule has 8 heteroatoms. The Balaban J connectivity index is 1.10. The predicted molar refractivity (Wildman–Crippen MR) is 120 cm³/mol. The van der Waals surface area contributed by atoms with Gasteiger partial charge in [0.15, 0.2) is 11.4 Å². The zero-order valence-corrected chi connectivity index (χ0v) is 18.2. The highest BCUT2D eigenvalue weighted by atomic mass is 16.5. The summed E-state index contributed by atoms with van der Waals surface area (Å²) < 4.78 is 5.44. The Kier molecular flexibility index (Phi) is 7.06. The number of hydrogen-bond acceptors (Lipinski definition) is 6. The first kappa shape index (κ1) is 21.6. The molecule has 0 radical (unpaired) electrons. The summed E-state index contributed by atoms with van der Waals surface area (Å²) in [6, 6.07) is 7.62. The normalized spacial score (nSPS) is 19.9. The van der Waals surface area contributed by atoms with Gasteiger partial charge in [0.25, 0.3) is 0 Å². The highest BCUT2D eigenvalue weighted by Gasteiger charge is 2.32. The molecule has 1 aromatic heterocycles. The van der Waals surface area contributed by atoms with E-state index < -0.39 is 0 Å². The lowest BCUT2D eigenvalue weighted by Crippen LogP contribution is -2.46. The van der Waals surface area contributed by atoms with Gasteiger partial charge in [0.2, 0.25) is 11.8 Å². The maximum atomic E-state index is 12.3. The number of benzene rings is 1. The summed E-state index contributed by atoms with van der Waals surface area (Å²) in [7, 11) is 0. The number of amides is 2. The molecule has 3 heterocycles. The second kappa shape index (κ2) is 10.1. The molecule has 4 rings (SSSR count). The van der Waals surface area contributed by atoms with Crippen LogP contribution in [-0.4, -0.2) is 72.1 Å². The van der Waals surface area contributed by atoms with Crippen LogP contribution < -0.4 is 10.6 Å². The minimum absolute atomic E-state index is 0.0813. The zero-order chi connectivity index (χ0) is 21.6. The Morgan fingerprint density at radius 1 is 1.03 bits per heavy atom. The molecule has 0 unspecified atom stereocenters. The summed E-state index contributed by atoms with van der Waals surface area (Å²) in [5.41, 5.74) is 6.24. The van der Waals surface area contributed by atoms with Crippen molar-refractivity contribution < 1.29 is 14.1 Å². The lowest BCUT2D eigenvalue weighted by molar-refractivity contribution is -0.137. The minimum Gasteiger partial charge on any atom is -0.368 e. The summed E-state index contributed by atoms with van der Waals surface area (Å²) in [4.78, 5) is 30.3. The quantitative estimate of drug-likeness (QED) is 0.617. The van der Waals surface area contributed by atoms with E-state index in [1.807, 2.05) is 18.2 Å². The molecule has 2 amide bonds. The molecule has 31 heavy (non-hydrogen) atoms. The van der Waals surface area contributed by atoms with E-state index in [9.17, 15) is 9.59 Å². The highest BCUT2D eigenvalue weighted by Crippen LogP contribution is 2.26. The van der Waals surface area contributed by atoms with Crippen LogP contribution in [0.25, 0.3) is 11.0 Å². The first-order valence-corrected chi connectivity index (χ1v) is 11.5. The number of hydrogen-bond donors (Lipinski definition) is 1. The SMILES string of the molecule is NC(=O)[C@@H]1CCCN1C(=O)CCCCCCN1CCN(c2noc3ccccc23)CC1. The third-order valence-corrected chi connectivity index (χ3v) is 6.55. The molecule has 2 aliphatic rings. The van der Waals surface area contributed by atoms with Crippen LogP contribution in [0.5, 0.6) is 0 Å². The summed E-state index contributed by atoms with van der Waals surface area (Å²) in [6.07, 6.45) is 6.31. The Bertz CT molecular complexity index is 890. The van der Waals surface area contributed by atoms with Gasteiger partial charge in [0.1, 0.15) is 6.04 Å². The number of likely N-dealkylation sites (tertiary alicyclic amines) is 1. The van der Waals surface area contributed by atoms with Gasteiger partial charge in [-0.25, -0.2) is 0 Å². The van der Waals surface area contributed by atoms with Crippen molar-refractivity contribution in [3.05, 3.63) is 24.3 Å². The first-order chi connectivity index (χ1) is 15.1. The zero-order valence-electron chi connectivity index (χ0n) is 18.2. The van der Waals surface area contributed by atoms with Crippen LogP contribution in [-0.2, 0) is 9.59 Å². The van der Waals surface area contributed by atoms with Gasteiger partial charge in [0.05, 0.1) is 5.39 Å². The van der Waals surface area contributed by atoms with Crippen LogP contribution in [0.2, 0.25) is 0 Å². The van der Waals surface area contributed by atoms with Gasteiger partial charge in [-0.15, -0.1) is 0 Å². The molecule has 1 aromatic carbocycles. The lowest BCUT2D eigenvalue weighted by Gasteiger charge is -2.34. The molecular formula is C23H33N5O3. The fourth-order valence-corrected chi connectivity index (χ4v) is 4.75. The number of nitrogens with two attached hydrogens (primary N) is 1. The van der Waals surface area contributed by atoms with Crippen molar-refractivity contribution >= 4 is 28.6 Å². The largest absolute Gasteiger partial charge is 0.368 e. The number of rotatable bonds is 9. The molecule has 2 aliphatic heterocycles. The van der Waals surface area contributed by atoms with Gasteiger partial charge in [-0.2, -0.15) is 0 Å². The first-order valence-electron chi connectivity index (χ1n) is 11.5. The van der Waals surface area contributed by atoms with E-state index in [-0.39, 0.29) is 17.9 Å². The van der Waals surface area contributed by atoms with Crippen molar-refractivity contribution in [3.8, 4) is 0 Å². The second-order valence-electron chi connectivity index (χ2n) is 8.64. The Morgan fingerprint density at radius 2 is 1.81 bits per heavy atom. The molecule has 2 N–H and O–H groups in total. The fourth-order valence-electron chi connectivity index (χ4n) is 4.75. The number of anilines is 1. The van der Waals surface area contributed by atoms with Crippen LogP contribution in [0.15, 0.2) is 28.8 Å². The molecule has 1 atom stereocenters. The summed E-state index contributed by atoms with van der Waals surface area (Å²) in [5, 5.41) is 5.36. The number of carbonyl (C=O) groups excluding carboxylic acids is 2. The van der Waals surface area contributed by atoms with Crippen molar-refractivity contribution in [2.24, 2.45) is 5.73 Å². The number of unbranched alkanes of at least 4 members (excludes halogenated alkanes) is 3. The third kappa shape index (κ3) is 5.18. The van der Waals surface area contributed by atoms with Gasteiger partial charge in [-0.05, 0) is 44.4 Å². The van der Waals surface area contributed by atoms with E-state index in [2.05, 4.69) is 21.0 Å². The van der Waals surface area contributed by atoms with Gasteiger partial charge < -0.3 is 20.1 Å². The number of primary amides is 1. The van der Waals surface area contributed by atoms with Crippen LogP contribution in [0.1, 0.15) is 44.9 Å². The topological polar surface area (TPSA) is 95.9 Å². The Hall–Kier alpha value is -2.61. The number of piperazine rings is 1. The molecule has 0 saturated carbocycles. The minimum atomic E-state index is -0.388. The van der Waals surface area contributed by atoms with E-state index >= 15 is 0 Å². The van der Waals surface area contributed by atoms with Crippen molar-refractivity contribution in [3.63, 3.8) is 0 Å². The third-order valence-electron chi connectivity index (χ3n) is 6.55. The molecule has 0 bridgehead atoms. The maximum Gasteiger partial charge on any atom is 0.240 e. The van der Waals surface area contributed by atoms with Crippen LogP contribution in [0.4, 0.5) is 5.82 Å². The molecule has 8 nitrogen and oxygen atoms in total. The standard InChI is InChI=1S/C23H33N5O3/c24-22(30)19-9-7-13-28(19)21(29)11-3-1-2-6-12-26-14-16-27(17-15-26)23-18-8-4-5-10-20(18)31-25-23/h4-5,8,10,19H,1-3,6-7,9,11-17H2,(H2,24,30)/t19-/m0/s1. The maximum absolute atomic E-state index is 12.3. The van der Waals surface area contributed by atoms with Crippen molar-refractivity contribution in [2.45, 2.75) is 51.0 Å². The van der Waals surface area contributed by atoms with E-state index in [0.29, 0.717) is 19.4 Å². The Morgan fingerprint density at radius 3 is 2.61 bits per heavy atom. The van der Waals surface area contributed by atoms with Crippen molar-refractivity contribution in [1.29, 1.82) is 0 Å². The molecular weight excluding hydrogens is 394 g/mol. The average molecular weight is 428 g/mol. The van der Waals surface area contributed by atoms with E-state index in [1.165, 1.54) is 0 Å². The van der Waals surface area contributed by atoms with Crippen molar-refractivity contribution in [1.82, 2.24) is 15.0 Å². The Labute approximate surface area is 183 Å².